The highest BCUT2D eigenvalue weighted by atomic mass is 35.5. The van der Waals surface area contributed by atoms with Gasteiger partial charge in [0.05, 0.1) is 15.5 Å². The van der Waals surface area contributed by atoms with E-state index >= 15 is 0 Å². The summed E-state index contributed by atoms with van der Waals surface area (Å²) in [6, 6.07) is 11.6. The Morgan fingerprint density at radius 1 is 1.14 bits per heavy atom. The Morgan fingerprint density at radius 3 is 2.60 bits per heavy atom. The van der Waals surface area contributed by atoms with Crippen molar-refractivity contribution in [1.29, 1.82) is 0 Å². The van der Waals surface area contributed by atoms with Gasteiger partial charge in [-0.15, -0.1) is 0 Å². The molecule has 0 bridgehead atoms. The van der Waals surface area contributed by atoms with Gasteiger partial charge in [0.2, 0.25) is 11.7 Å². The number of benzene rings is 1. The minimum absolute atomic E-state index is 0.0260. The highest BCUT2D eigenvalue weighted by molar-refractivity contribution is 6.30. The zero-order chi connectivity index (χ0) is 29.6. The molecule has 0 radical (unpaired) electrons. The van der Waals surface area contributed by atoms with Crippen LogP contribution in [0.2, 0.25) is 5.02 Å². The van der Waals surface area contributed by atoms with Crippen molar-refractivity contribution in [1.82, 2.24) is 15.3 Å². The van der Waals surface area contributed by atoms with Crippen molar-refractivity contribution in [2.45, 2.75) is 43.6 Å². The average molecular weight is 597 g/mol. The van der Waals surface area contributed by atoms with Crippen LogP contribution in [0.3, 0.4) is 0 Å². The number of carbonyl (C=O) groups is 2. The number of hydrogen-bond donors (Lipinski definition) is 1. The van der Waals surface area contributed by atoms with Gasteiger partial charge in [0.25, 0.3) is 12.3 Å². The summed E-state index contributed by atoms with van der Waals surface area (Å²) in [5.41, 5.74) is 0.0500. The minimum atomic E-state index is -2.90. The molecule has 0 atom stereocenters. The minimum Gasteiger partial charge on any atom is -0.349 e. The van der Waals surface area contributed by atoms with E-state index in [1.54, 1.807) is 4.90 Å². The smallest absolute Gasteiger partial charge is 0.311 e. The van der Waals surface area contributed by atoms with Gasteiger partial charge in [-0.25, -0.2) is 13.8 Å². The van der Waals surface area contributed by atoms with E-state index in [0.717, 1.165) is 30.3 Å². The molecule has 1 N–H and O–H groups in total. The summed E-state index contributed by atoms with van der Waals surface area (Å²) in [6.45, 7) is 1.11. The molecule has 0 unspecified atom stereocenters. The lowest BCUT2D eigenvalue weighted by Gasteiger charge is -2.47. The van der Waals surface area contributed by atoms with E-state index in [2.05, 4.69) is 15.3 Å². The van der Waals surface area contributed by atoms with E-state index < -0.39 is 28.4 Å². The summed E-state index contributed by atoms with van der Waals surface area (Å²) < 4.78 is 26.7. The Kier molecular flexibility index (Phi) is 7.25. The predicted molar refractivity (Wildman–Crippen MR) is 151 cm³/mol. The van der Waals surface area contributed by atoms with Crippen LogP contribution in [0.5, 0.6) is 0 Å². The number of pyridine rings is 2. The molecule has 2 amide bonds. The van der Waals surface area contributed by atoms with Gasteiger partial charge in [0.15, 0.2) is 0 Å². The zero-order valence-corrected chi connectivity index (χ0v) is 23.1. The molecule has 42 heavy (non-hydrogen) atoms. The summed E-state index contributed by atoms with van der Waals surface area (Å²) >= 11 is 5.90. The van der Waals surface area contributed by atoms with Gasteiger partial charge >= 0.3 is 5.69 Å². The molecule has 2 fully saturated rings. The van der Waals surface area contributed by atoms with E-state index in [9.17, 15) is 28.5 Å². The molecule has 6 rings (SSSR count). The lowest BCUT2D eigenvalue weighted by molar-refractivity contribution is -0.384. The number of rotatable bonds is 7. The maximum absolute atomic E-state index is 13.9. The maximum atomic E-state index is 13.9. The number of anilines is 2. The first kappa shape index (κ1) is 28.0. The number of nitrogens with one attached hydrogen (secondary N) is 1. The van der Waals surface area contributed by atoms with Crippen LogP contribution in [-0.4, -0.2) is 52.4 Å². The third-order valence-corrected chi connectivity index (χ3v) is 8.71. The van der Waals surface area contributed by atoms with Gasteiger partial charge in [-0.05, 0) is 55.4 Å². The summed E-state index contributed by atoms with van der Waals surface area (Å²) in [7, 11) is 0. The van der Waals surface area contributed by atoms with Crippen molar-refractivity contribution in [2.75, 3.05) is 29.4 Å². The highest BCUT2D eigenvalue weighted by Gasteiger charge is 2.59. The summed E-state index contributed by atoms with van der Waals surface area (Å²) in [5.74, 6) is -0.215. The molecule has 1 saturated heterocycles. The van der Waals surface area contributed by atoms with Crippen LogP contribution >= 0.6 is 11.6 Å². The molecular weight excluding hydrogens is 570 g/mol. The summed E-state index contributed by atoms with van der Waals surface area (Å²) in [4.78, 5) is 49.2. The van der Waals surface area contributed by atoms with Gasteiger partial charge in [-0.1, -0.05) is 29.8 Å². The number of nitrogens with zero attached hydrogens (tertiary/aromatic N) is 5. The van der Waals surface area contributed by atoms with Crippen LogP contribution in [0.1, 0.15) is 53.7 Å². The number of para-hydroxylation sites is 1. The third kappa shape index (κ3) is 4.83. The molecule has 218 valence electrons. The fraction of sp³-hybridized carbons (Fsp3) is 0.379. The van der Waals surface area contributed by atoms with E-state index in [1.165, 1.54) is 24.4 Å². The second-order valence-electron chi connectivity index (χ2n) is 11.1. The topological polar surface area (TPSA) is 122 Å². The highest BCUT2D eigenvalue weighted by Crippen LogP contribution is 2.49. The molecular formula is C29H27ClF2N6O4. The van der Waals surface area contributed by atoms with Crippen molar-refractivity contribution in [3.05, 3.63) is 86.8 Å². The molecule has 1 aliphatic carbocycles. The first-order valence-electron chi connectivity index (χ1n) is 13.7. The standard InChI is InChI=1S/C29H27ClF2N6O4/c30-18-12-20(24(25(31)32)34-13-18)27(39)35-19-9-7-17(8-10-19)14-37-22-5-2-1-4-21(22)29(28(37)40)15-36(16-29)26-23(38(41)42)6-3-11-33-26/h1-6,11-13,17,19,25H,7-10,14-16H2,(H,35,39). The Morgan fingerprint density at radius 2 is 1.88 bits per heavy atom. The summed E-state index contributed by atoms with van der Waals surface area (Å²) in [6.07, 6.45) is 2.46. The van der Waals surface area contributed by atoms with E-state index in [1.807, 2.05) is 29.2 Å². The Balaban J connectivity index is 1.11. The predicted octanol–water partition coefficient (Wildman–Crippen LogP) is 5.07. The molecule has 4 heterocycles. The molecule has 1 saturated carbocycles. The van der Waals surface area contributed by atoms with Gasteiger partial charge in [0.1, 0.15) is 11.1 Å². The normalized spacial score (nSPS) is 20.9. The van der Waals surface area contributed by atoms with Crippen LogP contribution in [-0.2, 0) is 10.2 Å². The number of hydrogen-bond acceptors (Lipinski definition) is 7. The number of fused-ring (bicyclic) bond motifs is 2. The lowest BCUT2D eigenvalue weighted by Crippen LogP contribution is -2.64. The molecule has 13 heteroatoms. The number of alkyl halides is 2. The molecule has 10 nitrogen and oxygen atoms in total. The number of amides is 2. The van der Waals surface area contributed by atoms with Gasteiger partial charge in [0, 0.05) is 49.8 Å². The molecule has 3 aliphatic rings. The summed E-state index contributed by atoms with van der Waals surface area (Å²) in [5, 5.41) is 14.5. The SMILES string of the molecule is O=C(NC1CCC(CN2C(=O)C3(CN(c4ncccc4[N+](=O)[O-])C3)c3ccccc32)CC1)c1cc(Cl)cnc1C(F)F. The van der Waals surface area contributed by atoms with Gasteiger partial charge < -0.3 is 15.1 Å². The zero-order valence-electron chi connectivity index (χ0n) is 22.4. The molecule has 1 aromatic carbocycles. The number of halogens is 3. The van der Waals surface area contributed by atoms with Crippen molar-refractivity contribution >= 4 is 40.6 Å². The lowest BCUT2D eigenvalue weighted by atomic mass is 9.74. The largest absolute Gasteiger partial charge is 0.349 e. The Bertz CT molecular complexity index is 1560. The molecule has 2 aromatic heterocycles. The van der Waals surface area contributed by atoms with E-state index in [-0.39, 0.29) is 40.0 Å². The van der Waals surface area contributed by atoms with Crippen molar-refractivity contribution < 1.29 is 23.3 Å². The van der Waals surface area contributed by atoms with Crippen molar-refractivity contribution in [2.24, 2.45) is 5.92 Å². The van der Waals surface area contributed by atoms with Crippen LogP contribution in [0.4, 0.5) is 26.0 Å². The fourth-order valence-electron chi connectivity index (χ4n) is 6.43. The Labute approximate surface area is 244 Å². The number of aromatic nitrogens is 2. The number of nitro groups is 1. The van der Waals surface area contributed by atoms with Crippen molar-refractivity contribution in [3.63, 3.8) is 0 Å². The van der Waals surface area contributed by atoms with Crippen LogP contribution in [0.25, 0.3) is 0 Å². The van der Waals surface area contributed by atoms with E-state index in [4.69, 9.17) is 11.6 Å². The second-order valence-corrected chi connectivity index (χ2v) is 11.5. The quantitative estimate of drug-likeness (QED) is 0.298. The Hall–Kier alpha value is -4.19. The van der Waals surface area contributed by atoms with Gasteiger partial charge in [-0.2, -0.15) is 0 Å². The van der Waals surface area contributed by atoms with Crippen LogP contribution in [0, 0.1) is 16.0 Å². The first-order valence-corrected chi connectivity index (χ1v) is 14.1. The average Bonchev–Trinajstić information content (AvgIpc) is 3.20. The maximum Gasteiger partial charge on any atom is 0.311 e. The molecule has 2 aliphatic heterocycles. The van der Waals surface area contributed by atoms with E-state index in [0.29, 0.717) is 32.5 Å². The molecule has 1 spiro atoms. The van der Waals surface area contributed by atoms with Gasteiger partial charge in [-0.3, -0.25) is 24.7 Å². The second kappa shape index (κ2) is 10.9. The van der Waals surface area contributed by atoms with Crippen molar-refractivity contribution in [3.8, 4) is 0 Å². The third-order valence-electron chi connectivity index (χ3n) is 8.51. The van der Waals surface area contributed by atoms with Crippen LogP contribution < -0.4 is 15.1 Å². The molecule has 3 aromatic rings. The monoisotopic (exact) mass is 596 g/mol. The van der Waals surface area contributed by atoms with Crippen LogP contribution in [0.15, 0.2) is 54.9 Å². The first-order chi connectivity index (χ1) is 20.2. The number of carbonyl (C=O) groups excluding carboxylic acids is 2. The fourth-order valence-corrected chi connectivity index (χ4v) is 6.59.